The van der Waals surface area contributed by atoms with Crippen LogP contribution in [0.4, 0.5) is 0 Å². The van der Waals surface area contributed by atoms with Crippen LogP contribution in [0.15, 0.2) is 0 Å². The maximum atomic E-state index is 8.52. The maximum Gasteiger partial charge on any atom is 2.00 e. The summed E-state index contributed by atoms with van der Waals surface area (Å²) in [6, 6.07) is 0. The van der Waals surface area contributed by atoms with E-state index in [1.807, 2.05) is 0 Å². The zero-order chi connectivity index (χ0) is 13.5. The fourth-order valence-corrected chi connectivity index (χ4v) is 0. The fraction of sp³-hybridized carbons (Fsp3) is 0. The topological polar surface area (TPSA) is 241 Å². The summed E-state index contributed by atoms with van der Waals surface area (Å²) < 4.78 is 102. The van der Waals surface area contributed by atoms with Crippen molar-refractivity contribution >= 4 is 31.2 Å². The molecule has 102 valence electrons. The van der Waals surface area contributed by atoms with Crippen LogP contribution in [0.1, 0.15) is 0 Å². The monoisotopic (exact) mass is 472 g/mol. The first-order chi connectivity index (χ1) is 6.00. The first kappa shape index (κ1) is 36.6. The van der Waals surface area contributed by atoms with Crippen molar-refractivity contribution in [2.75, 3.05) is 0 Å². The van der Waals surface area contributed by atoms with Crippen molar-refractivity contribution in [3.05, 3.63) is 0 Å². The van der Waals surface area contributed by atoms with Crippen molar-refractivity contribution in [1.29, 1.82) is 0 Å². The Hall–Kier alpha value is 1.38. The minimum absolute atomic E-state index is 0. The molecule has 0 radical (unpaired) electrons. The Morgan fingerprint density at radius 3 is 0.444 bits per heavy atom. The van der Waals surface area contributed by atoms with Gasteiger partial charge < -0.3 is 27.3 Å². The van der Waals surface area contributed by atoms with Crippen molar-refractivity contribution in [2.24, 2.45) is 0 Å². The van der Waals surface area contributed by atoms with Crippen LogP contribution in [-0.4, -0.2) is 52.6 Å². The van der Waals surface area contributed by atoms with Crippen LogP contribution in [0.5, 0.6) is 0 Å². The van der Waals surface area contributed by atoms with Gasteiger partial charge in [0, 0.05) is 31.2 Å². The average molecular weight is 475 g/mol. The van der Waals surface area contributed by atoms with E-state index in [0.717, 1.165) is 0 Å². The standard InChI is InChI=1S/Fe.3H2O4S.2Zn/c;3*1-5(2,3)4;;/h;3*(H2,1,2,3,4);;/q+2;;;;2*+2/p-6. The van der Waals surface area contributed by atoms with E-state index in [1.165, 1.54) is 0 Å². The second-order valence-corrected chi connectivity index (χ2v) is 3.67. The van der Waals surface area contributed by atoms with Gasteiger partial charge in [-0.3, -0.25) is 25.3 Å². The Labute approximate surface area is 139 Å². The molecule has 0 saturated heterocycles. The summed E-state index contributed by atoms with van der Waals surface area (Å²) in [4.78, 5) is 0. The number of rotatable bonds is 0. The molecule has 0 N–H and O–H groups in total. The zero-order valence-electron chi connectivity index (χ0n) is 7.89. The van der Waals surface area contributed by atoms with Gasteiger partial charge in [-0.05, 0) is 0 Å². The van der Waals surface area contributed by atoms with Crippen LogP contribution in [0, 0.1) is 0 Å². The van der Waals surface area contributed by atoms with Crippen LogP contribution in [0.3, 0.4) is 0 Å². The van der Waals surface area contributed by atoms with Crippen LogP contribution in [-0.2, 0) is 87.2 Å². The summed E-state index contributed by atoms with van der Waals surface area (Å²) in [5, 5.41) is 0. The van der Waals surface area contributed by atoms with Gasteiger partial charge in [-0.1, -0.05) is 0 Å². The maximum absolute atomic E-state index is 8.52. The molecule has 0 saturated carbocycles. The van der Waals surface area contributed by atoms with Crippen molar-refractivity contribution in [3.8, 4) is 0 Å². The third kappa shape index (κ3) is 2460. The first-order valence-corrected chi connectivity index (χ1v) is 6.00. The summed E-state index contributed by atoms with van der Waals surface area (Å²) >= 11 is 0. The molecule has 0 aromatic carbocycles. The fourth-order valence-electron chi connectivity index (χ4n) is 0. The van der Waals surface area contributed by atoms with Crippen molar-refractivity contribution in [2.45, 2.75) is 0 Å². The second kappa shape index (κ2) is 14.8. The molecule has 0 heterocycles. The third-order valence-corrected chi connectivity index (χ3v) is 0. The van der Waals surface area contributed by atoms with Gasteiger partial charge in [0.2, 0.25) is 0 Å². The van der Waals surface area contributed by atoms with Crippen LogP contribution in [0.2, 0.25) is 0 Å². The molecule has 0 bridgehead atoms. The number of hydrogen-bond acceptors (Lipinski definition) is 12. The minimum Gasteiger partial charge on any atom is -0.759 e. The predicted molar refractivity (Wildman–Crippen MR) is 31.4 cm³/mol. The first-order valence-electron chi connectivity index (χ1n) is 2.00. The van der Waals surface area contributed by atoms with E-state index in [4.69, 9.17) is 52.6 Å². The van der Waals surface area contributed by atoms with Crippen LogP contribution in [0.25, 0.3) is 0 Å². The van der Waals surface area contributed by atoms with Gasteiger partial charge in [-0.2, -0.15) is 0 Å². The normalized spacial score (nSPS) is 9.67. The SMILES string of the molecule is O=S(=O)([O-])[O-].O=S(=O)([O-])[O-].O=S(=O)([O-])[O-].[Fe+2].[Zn+2].[Zn+2]. The molecular formula is FeO12S3Zn2. The van der Waals surface area contributed by atoms with E-state index in [0.29, 0.717) is 0 Å². The van der Waals surface area contributed by atoms with Gasteiger partial charge in [0.25, 0.3) is 0 Å². The van der Waals surface area contributed by atoms with E-state index in [-0.39, 0.29) is 56.0 Å². The van der Waals surface area contributed by atoms with Gasteiger partial charge in [0.15, 0.2) is 0 Å². The Morgan fingerprint density at radius 2 is 0.444 bits per heavy atom. The van der Waals surface area contributed by atoms with Gasteiger partial charge in [-0.15, -0.1) is 0 Å². The molecule has 0 aromatic heterocycles. The second-order valence-electron chi connectivity index (χ2n) is 1.22. The predicted octanol–water partition coefficient (Wildman–Crippen LogP) is -4.02. The number of hydrogen-bond donors (Lipinski definition) is 0. The molecule has 12 nitrogen and oxygen atoms in total. The molecular weight excluding hydrogens is 475 g/mol. The summed E-state index contributed by atoms with van der Waals surface area (Å²) in [5.74, 6) is 0. The molecule has 18 heteroatoms. The van der Waals surface area contributed by atoms with Gasteiger partial charge in [0.1, 0.15) is 0 Å². The van der Waals surface area contributed by atoms with Crippen molar-refractivity contribution in [1.82, 2.24) is 0 Å². The van der Waals surface area contributed by atoms with E-state index < -0.39 is 31.2 Å². The van der Waals surface area contributed by atoms with Crippen LogP contribution >= 0.6 is 0 Å². The Balaban J connectivity index is -0.0000000277. The summed E-state index contributed by atoms with van der Waals surface area (Å²) in [7, 11) is -15.5. The van der Waals surface area contributed by atoms with E-state index in [9.17, 15) is 0 Å². The van der Waals surface area contributed by atoms with E-state index in [1.54, 1.807) is 0 Å². The van der Waals surface area contributed by atoms with Gasteiger partial charge in [-0.25, -0.2) is 0 Å². The Bertz CT molecular complexity index is 346. The molecule has 0 aliphatic carbocycles. The molecule has 0 fully saturated rings. The zero-order valence-corrected chi connectivity index (χ0v) is 17.4. The van der Waals surface area contributed by atoms with Gasteiger partial charge in [0.05, 0.1) is 0 Å². The summed E-state index contributed by atoms with van der Waals surface area (Å²) in [5.41, 5.74) is 0. The molecule has 0 aliphatic rings. The molecule has 0 rings (SSSR count). The smallest absolute Gasteiger partial charge is 0.759 e. The van der Waals surface area contributed by atoms with E-state index in [2.05, 4.69) is 0 Å². The summed E-state index contributed by atoms with van der Waals surface area (Å²) in [6.07, 6.45) is 0. The molecule has 0 aromatic rings. The molecule has 0 amide bonds. The third-order valence-electron chi connectivity index (χ3n) is 0. The van der Waals surface area contributed by atoms with Gasteiger partial charge >= 0.3 is 56.0 Å². The Kier molecular flexibility index (Phi) is 30.0. The average Bonchev–Trinajstić information content (AvgIpc) is 1.41. The Morgan fingerprint density at radius 1 is 0.444 bits per heavy atom. The minimum atomic E-state index is -5.17. The molecule has 0 aliphatic heterocycles. The van der Waals surface area contributed by atoms with Crippen LogP contribution < -0.4 is 0 Å². The molecule has 0 unspecified atom stereocenters. The molecule has 0 spiro atoms. The summed E-state index contributed by atoms with van der Waals surface area (Å²) in [6.45, 7) is 0. The van der Waals surface area contributed by atoms with Crippen molar-refractivity contribution < 1.29 is 109 Å². The van der Waals surface area contributed by atoms with Crippen molar-refractivity contribution in [3.63, 3.8) is 0 Å². The molecule has 0 atom stereocenters. The van der Waals surface area contributed by atoms with E-state index >= 15 is 0 Å². The molecule has 18 heavy (non-hydrogen) atoms. The largest absolute Gasteiger partial charge is 2.00 e. The quantitative estimate of drug-likeness (QED) is 0.185.